The van der Waals surface area contributed by atoms with Gasteiger partial charge in [0, 0.05) is 5.92 Å². The number of hydrogen-bond donors (Lipinski definition) is 3. The van der Waals surface area contributed by atoms with E-state index in [2.05, 4.69) is 0 Å². The normalized spacial score (nSPS) is 23.1. The van der Waals surface area contributed by atoms with Crippen LogP contribution in [0.1, 0.15) is 24.0 Å². The monoisotopic (exact) mass is 331 g/mol. The van der Waals surface area contributed by atoms with E-state index >= 15 is 0 Å². The number of carbonyl (C=O) groups is 2. The molecule has 3 atom stereocenters. The molecule has 1 aliphatic carbocycles. The van der Waals surface area contributed by atoms with Crippen LogP contribution in [0.5, 0.6) is 0 Å². The average Bonchev–Trinajstić information content (AvgIpc) is 3.25. The summed E-state index contributed by atoms with van der Waals surface area (Å²) in [6, 6.07) is 4.58. The molecule has 4 N–H and O–H groups in total. The van der Waals surface area contributed by atoms with E-state index in [0.29, 0.717) is 5.56 Å². The van der Waals surface area contributed by atoms with Gasteiger partial charge in [0.15, 0.2) is 0 Å². The van der Waals surface area contributed by atoms with Crippen molar-refractivity contribution >= 4 is 11.9 Å². The van der Waals surface area contributed by atoms with Crippen LogP contribution in [-0.4, -0.2) is 27.7 Å². The van der Waals surface area contributed by atoms with Gasteiger partial charge in [-0.15, -0.1) is 0 Å². The minimum atomic E-state index is -4.48. The van der Waals surface area contributed by atoms with Crippen molar-refractivity contribution in [2.45, 2.75) is 31.0 Å². The summed E-state index contributed by atoms with van der Waals surface area (Å²) < 4.78 is 38.0. The maximum Gasteiger partial charge on any atom is 0.416 e. The Labute approximate surface area is 129 Å². The van der Waals surface area contributed by atoms with Crippen LogP contribution in [0.2, 0.25) is 0 Å². The minimum absolute atomic E-state index is 0.0234. The topological polar surface area (TPSA) is 101 Å². The first-order valence-electron chi connectivity index (χ1n) is 6.97. The van der Waals surface area contributed by atoms with Crippen LogP contribution >= 0.6 is 0 Å². The summed E-state index contributed by atoms with van der Waals surface area (Å²) in [7, 11) is 0. The molecule has 1 fully saturated rings. The molecule has 5 nitrogen and oxygen atoms in total. The van der Waals surface area contributed by atoms with Gasteiger partial charge in [-0.1, -0.05) is 18.2 Å². The summed E-state index contributed by atoms with van der Waals surface area (Å²) >= 11 is 0. The van der Waals surface area contributed by atoms with E-state index in [-0.39, 0.29) is 19.3 Å². The highest BCUT2D eigenvalue weighted by Gasteiger charge is 2.58. The van der Waals surface area contributed by atoms with Crippen molar-refractivity contribution in [3.05, 3.63) is 35.4 Å². The van der Waals surface area contributed by atoms with Crippen molar-refractivity contribution in [2.24, 2.45) is 17.6 Å². The van der Waals surface area contributed by atoms with Crippen molar-refractivity contribution in [3.8, 4) is 0 Å². The van der Waals surface area contributed by atoms with Crippen LogP contribution in [0.15, 0.2) is 24.3 Å². The number of benzene rings is 1. The summed E-state index contributed by atoms with van der Waals surface area (Å²) in [5.74, 6) is -3.95. The van der Waals surface area contributed by atoms with Crippen LogP contribution in [0.25, 0.3) is 0 Å². The van der Waals surface area contributed by atoms with Crippen LogP contribution in [0, 0.1) is 11.8 Å². The molecule has 0 aliphatic heterocycles. The number of nitrogens with two attached hydrogens (primary N) is 1. The first kappa shape index (κ1) is 17.3. The fraction of sp³-hybridized carbons (Fsp3) is 0.467. The Bertz CT molecular complexity index is 631. The molecule has 0 amide bonds. The maximum absolute atomic E-state index is 12.7. The number of carboxylic acids is 2. The van der Waals surface area contributed by atoms with Crippen molar-refractivity contribution < 1.29 is 33.0 Å². The molecule has 0 heterocycles. The van der Waals surface area contributed by atoms with Crippen molar-refractivity contribution in [2.75, 3.05) is 0 Å². The van der Waals surface area contributed by atoms with E-state index < -0.39 is 41.1 Å². The van der Waals surface area contributed by atoms with E-state index in [1.165, 1.54) is 12.1 Å². The zero-order chi connectivity index (χ0) is 17.4. The van der Waals surface area contributed by atoms with Gasteiger partial charge >= 0.3 is 18.1 Å². The fourth-order valence-electron chi connectivity index (χ4n) is 2.74. The van der Waals surface area contributed by atoms with Gasteiger partial charge in [-0.2, -0.15) is 13.2 Å². The van der Waals surface area contributed by atoms with E-state index in [9.17, 15) is 27.9 Å². The lowest BCUT2D eigenvalue weighted by Gasteiger charge is -2.25. The largest absolute Gasteiger partial charge is 0.481 e. The summed E-state index contributed by atoms with van der Waals surface area (Å²) in [5.41, 5.74) is 3.60. The number of hydrogen-bond acceptors (Lipinski definition) is 3. The Morgan fingerprint density at radius 1 is 1.26 bits per heavy atom. The van der Waals surface area contributed by atoms with Gasteiger partial charge in [-0.05, 0) is 30.9 Å². The van der Waals surface area contributed by atoms with Crippen LogP contribution in [0.4, 0.5) is 13.2 Å². The molecule has 23 heavy (non-hydrogen) atoms. The molecule has 0 bridgehead atoms. The molecule has 1 unspecified atom stereocenters. The highest BCUT2D eigenvalue weighted by atomic mass is 19.4. The highest BCUT2D eigenvalue weighted by molar-refractivity contribution is 5.83. The first-order valence-corrected chi connectivity index (χ1v) is 6.97. The number of carboxylic acid groups (broad SMARTS) is 2. The van der Waals surface area contributed by atoms with Gasteiger partial charge in [0.05, 0.1) is 11.5 Å². The van der Waals surface area contributed by atoms with Gasteiger partial charge < -0.3 is 15.9 Å². The maximum atomic E-state index is 12.7. The van der Waals surface area contributed by atoms with Crippen molar-refractivity contribution in [3.63, 3.8) is 0 Å². The number of rotatable bonds is 6. The summed E-state index contributed by atoms with van der Waals surface area (Å²) in [5, 5.41) is 18.2. The molecular weight excluding hydrogens is 315 g/mol. The molecule has 0 aromatic heterocycles. The molecule has 1 aromatic rings. The third-order valence-corrected chi connectivity index (χ3v) is 4.25. The van der Waals surface area contributed by atoms with E-state index in [1.54, 1.807) is 0 Å². The van der Waals surface area contributed by atoms with E-state index in [4.69, 9.17) is 10.8 Å². The lowest BCUT2D eigenvalue weighted by Crippen LogP contribution is -2.51. The number of aryl methyl sites for hydroxylation is 1. The Kier molecular flexibility index (Phi) is 4.39. The second-order valence-electron chi connectivity index (χ2n) is 5.83. The molecule has 1 saturated carbocycles. The molecule has 0 radical (unpaired) electrons. The van der Waals surface area contributed by atoms with Crippen LogP contribution in [0.3, 0.4) is 0 Å². The summed E-state index contributed by atoms with van der Waals surface area (Å²) in [6.45, 7) is 0. The molecule has 0 spiro atoms. The van der Waals surface area contributed by atoms with Crippen LogP contribution in [-0.2, 0) is 22.2 Å². The molecule has 0 saturated heterocycles. The van der Waals surface area contributed by atoms with Crippen LogP contribution < -0.4 is 5.73 Å². The SMILES string of the molecule is NC(CCc1cccc(C(F)(F)F)c1)(C(=O)O)[C@H]1C[C@@H]1C(=O)O. The second-order valence-corrected chi connectivity index (χ2v) is 5.83. The summed E-state index contributed by atoms with van der Waals surface area (Å²) in [4.78, 5) is 22.3. The van der Waals surface area contributed by atoms with E-state index in [0.717, 1.165) is 12.1 Å². The lowest BCUT2D eigenvalue weighted by molar-refractivity contribution is -0.145. The molecule has 1 aromatic carbocycles. The lowest BCUT2D eigenvalue weighted by atomic mass is 9.86. The Hall–Kier alpha value is -2.09. The molecule has 1 aliphatic rings. The molecular formula is C15H16F3NO4. The zero-order valence-corrected chi connectivity index (χ0v) is 12.0. The Morgan fingerprint density at radius 3 is 2.39 bits per heavy atom. The van der Waals surface area contributed by atoms with Gasteiger partial charge in [-0.3, -0.25) is 9.59 Å². The predicted molar refractivity (Wildman–Crippen MR) is 73.6 cm³/mol. The average molecular weight is 331 g/mol. The third-order valence-electron chi connectivity index (χ3n) is 4.25. The summed E-state index contributed by atoms with van der Waals surface area (Å²) in [6.07, 6.45) is -4.41. The molecule has 2 rings (SSSR count). The second kappa shape index (κ2) is 5.84. The zero-order valence-electron chi connectivity index (χ0n) is 12.0. The Morgan fingerprint density at radius 2 is 1.91 bits per heavy atom. The number of alkyl halides is 3. The van der Waals surface area contributed by atoms with E-state index in [1.807, 2.05) is 0 Å². The standard InChI is InChI=1S/C15H16F3NO4/c16-15(17,18)9-3-1-2-8(6-9)4-5-14(19,13(22)23)11-7-10(11)12(20)21/h1-3,6,10-11H,4-5,7,19H2,(H,20,21)(H,22,23)/t10-,11-,14?/m0/s1. The first-order chi connectivity index (χ1) is 10.6. The van der Waals surface area contributed by atoms with Gasteiger partial charge in [0.25, 0.3) is 0 Å². The number of aliphatic carboxylic acids is 2. The van der Waals surface area contributed by atoms with Gasteiger partial charge in [-0.25, -0.2) is 0 Å². The smallest absolute Gasteiger partial charge is 0.416 e. The highest BCUT2D eigenvalue weighted by Crippen LogP contribution is 2.47. The minimum Gasteiger partial charge on any atom is -0.481 e. The third kappa shape index (κ3) is 3.64. The fourth-order valence-corrected chi connectivity index (χ4v) is 2.74. The van der Waals surface area contributed by atoms with Crippen molar-refractivity contribution in [1.82, 2.24) is 0 Å². The Balaban J connectivity index is 2.11. The predicted octanol–water partition coefficient (Wildman–Crippen LogP) is 2.14. The molecule has 8 heteroatoms. The van der Waals surface area contributed by atoms with Gasteiger partial charge in [0.1, 0.15) is 5.54 Å². The van der Waals surface area contributed by atoms with Crippen molar-refractivity contribution in [1.29, 1.82) is 0 Å². The quantitative estimate of drug-likeness (QED) is 0.741. The van der Waals surface area contributed by atoms with Gasteiger partial charge in [0.2, 0.25) is 0 Å². The number of halogens is 3. The molecule has 126 valence electrons.